The lowest BCUT2D eigenvalue weighted by atomic mass is 10.0. The van der Waals surface area contributed by atoms with Crippen molar-refractivity contribution < 1.29 is 26.8 Å². The van der Waals surface area contributed by atoms with Crippen molar-refractivity contribution in [1.29, 1.82) is 0 Å². The molecule has 0 spiro atoms. The molecule has 1 aliphatic rings. The number of benzene rings is 2. The summed E-state index contributed by atoms with van der Waals surface area (Å²) in [6.07, 6.45) is 2.73. The molecule has 2 aromatic carbocycles. The van der Waals surface area contributed by atoms with Crippen LogP contribution in [0.3, 0.4) is 0 Å². The van der Waals surface area contributed by atoms with Gasteiger partial charge >= 0.3 is 16.2 Å². The lowest BCUT2D eigenvalue weighted by molar-refractivity contribution is -0.120. The van der Waals surface area contributed by atoms with Crippen molar-refractivity contribution in [1.82, 2.24) is 25.0 Å². The summed E-state index contributed by atoms with van der Waals surface area (Å²) < 4.78 is 57.4. The van der Waals surface area contributed by atoms with Crippen LogP contribution < -0.4 is 19.2 Å². The zero-order chi connectivity index (χ0) is 27.7. The van der Waals surface area contributed by atoms with Crippen LogP contribution in [-0.4, -0.2) is 54.9 Å². The van der Waals surface area contributed by atoms with Crippen LogP contribution in [0.1, 0.15) is 11.1 Å². The maximum Gasteiger partial charge on any atom is 0.330 e. The number of hydrogen-bond donors (Lipinski definition) is 2. The number of fused-ring (bicyclic) bond motifs is 2. The molecule has 0 fully saturated rings. The molecule has 15 heteroatoms. The summed E-state index contributed by atoms with van der Waals surface area (Å²) in [7, 11) is -2.93. The van der Waals surface area contributed by atoms with Gasteiger partial charge in [-0.05, 0) is 42.3 Å². The Bertz CT molecular complexity index is 1660. The van der Waals surface area contributed by atoms with Crippen molar-refractivity contribution in [3.63, 3.8) is 0 Å². The number of aromatic nitrogens is 3. The van der Waals surface area contributed by atoms with E-state index in [1.807, 2.05) is 4.72 Å². The number of urea groups is 1. The third-order valence-corrected chi connectivity index (χ3v) is 8.28. The number of carbonyl (C=O) groups excluding carboxylic acids is 2. The fraction of sp³-hybridized carbons (Fsp3) is 0.208. The van der Waals surface area contributed by atoms with Crippen LogP contribution in [0.15, 0.2) is 54.4 Å². The SMILES string of the molecule is CN(C(=O)[C@H](Cc1cc(F)cc(F)c1)NC(=O)NS(=O)(=O)N1CCc2cncnc21)c1ccc2scnc2c1. The number of rotatable bonds is 7. The van der Waals surface area contributed by atoms with Crippen LogP contribution in [-0.2, 0) is 27.8 Å². The Morgan fingerprint density at radius 1 is 1.15 bits per heavy atom. The average Bonchev–Trinajstić information content (AvgIpc) is 3.53. The molecule has 4 aromatic rings. The Hall–Kier alpha value is -4.24. The largest absolute Gasteiger partial charge is 0.330 e. The molecule has 0 saturated carbocycles. The van der Waals surface area contributed by atoms with E-state index >= 15 is 0 Å². The van der Waals surface area contributed by atoms with Crippen LogP contribution in [0.4, 0.5) is 25.1 Å². The van der Waals surface area contributed by atoms with Crippen molar-refractivity contribution in [2.75, 3.05) is 22.8 Å². The first-order valence-electron chi connectivity index (χ1n) is 11.6. The van der Waals surface area contributed by atoms with Gasteiger partial charge in [0.1, 0.15) is 29.8 Å². The molecule has 3 heterocycles. The van der Waals surface area contributed by atoms with Gasteiger partial charge in [0.2, 0.25) is 5.91 Å². The van der Waals surface area contributed by atoms with E-state index in [2.05, 4.69) is 20.3 Å². The van der Waals surface area contributed by atoms with Gasteiger partial charge in [-0.15, -0.1) is 11.3 Å². The molecule has 1 aliphatic heterocycles. The number of halogens is 2. The number of thiazole rings is 1. The van der Waals surface area contributed by atoms with Gasteiger partial charge < -0.3 is 10.2 Å². The number of nitrogens with one attached hydrogen (secondary N) is 2. The summed E-state index contributed by atoms with van der Waals surface area (Å²) in [5, 5.41) is 2.35. The Labute approximate surface area is 225 Å². The standard InChI is InChI=1S/C24H21F2N7O4S2/c1-32(18-2-3-21-19(10-18)29-13-38-21)23(34)20(8-14-6-16(25)9-17(26)7-14)30-24(35)31-39(36,37)33-5-4-15-11-27-12-28-22(15)33/h2-3,6-7,9-13,20H,4-5,8H2,1H3,(H2,30,31,35)/t20-/m0/s1. The molecule has 0 aliphatic carbocycles. The molecule has 0 bridgehead atoms. The number of amides is 3. The summed E-state index contributed by atoms with van der Waals surface area (Å²) in [4.78, 5) is 39.7. The van der Waals surface area contributed by atoms with E-state index in [9.17, 15) is 26.8 Å². The number of hydrogen-bond acceptors (Lipinski definition) is 8. The molecule has 2 N–H and O–H groups in total. The third kappa shape index (κ3) is 5.63. The van der Waals surface area contributed by atoms with Crippen molar-refractivity contribution in [3.8, 4) is 0 Å². The van der Waals surface area contributed by atoms with Crippen molar-refractivity contribution in [3.05, 3.63) is 77.2 Å². The van der Waals surface area contributed by atoms with Crippen LogP contribution >= 0.6 is 11.3 Å². The Kier molecular flexibility index (Phi) is 7.10. The smallest absolute Gasteiger partial charge is 0.325 e. The highest BCUT2D eigenvalue weighted by Gasteiger charge is 2.33. The van der Waals surface area contributed by atoms with Crippen molar-refractivity contribution in [2.45, 2.75) is 18.9 Å². The van der Waals surface area contributed by atoms with Crippen LogP contribution in [0.2, 0.25) is 0 Å². The second-order valence-corrected chi connectivity index (χ2v) is 11.2. The van der Waals surface area contributed by atoms with E-state index in [0.717, 1.165) is 21.1 Å². The van der Waals surface area contributed by atoms with E-state index < -0.39 is 39.8 Å². The Morgan fingerprint density at radius 2 is 1.92 bits per heavy atom. The first-order chi connectivity index (χ1) is 18.6. The van der Waals surface area contributed by atoms with Gasteiger partial charge in [0, 0.05) is 43.5 Å². The van der Waals surface area contributed by atoms with Crippen LogP contribution in [0.5, 0.6) is 0 Å². The monoisotopic (exact) mass is 573 g/mol. The quantitative estimate of drug-likeness (QED) is 0.347. The van der Waals surface area contributed by atoms with Gasteiger partial charge in [0.25, 0.3) is 0 Å². The van der Waals surface area contributed by atoms with Crippen LogP contribution in [0.25, 0.3) is 10.2 Å². The average molecular weight is 574 g/mol. The highest BCUT2D eigenvalue weighted by atomic mass is 32.2. The van der Waals surface area contributed by atoms with E-state index in [1.165, 1.54) is 35.8 Å². The normalized spacial score (nSPS) is 13.7. The van der Waals surface area contributed by atoms with Gasteiger partial charge in [-0.3, -0.25) is 4.79 Å². The van der Waals surface area contributed by atoms with Gasteiger partial charge in [-0.1, -0.05) is 0 Å². The van der Waals surface area contributed by atoms with Gasteiger partial charge in [0.05, 0.1) is 15.7 Å². The maximum atomic E-state index is 13.9. The zero-order valence-electron chi connectivity index (χ0n) is 20.3. The molecule has 202 valence electrons. The molecule has 39 heavy (non-hydrogen) atoms. The summed E-state index contributed by atoms with van der Waals surface area (Å²) in [6.45, 7) is 0.0450. The number of carbonyl (C=O) groups is 2. The summed E-state index contributed by atoms with van der Waals surface area (Å²) in [5.74, 6) is -2.23. The fourth-order valence-electron chi connectivity index (χ4n) is 4.26. The minimum Gasteiger partial charge on any atom is -0.325 e. The minimum atomic E-state index is -4.39. The van der Waals surface area contributed by atoms with Crippen molar-refractivity contribution >= 4 is 55.2 Å². The molecule has 3 amide bonds. The Morgan fingerprint density at radius 3 is 2.69 bits per heavy atom. The number of nitrogens with zero attached hydrogens (tertiary/aromatic N) is 5. The molecular formula is C24H21F2N7O4S2. The molecular weight excluding hydrogens is 552 g/mol. The van der Waals surface area contributed by atoms with Gasteiger partial charge in [-0.2, -0.15) is 8.42 Å². The maximum absolute atomic E-state index is 13.9. The highest BCUT2D eigenvalue weighted by molar-refractivity contribution is 7.91. The highest BCUT2D eigenvalue weighted by Crippen LogP contribution is 2.26. The number of anilines is 2. The van der Waals surface area contributed by atoms with E-state index in [0.29, 0.717) is 29.3 Å². The van der Waals surface area contributed by atoms with E-state index in [4.69, 9.17) is 0 Å². The van der Waals surface area contributed by atoms with Crippen molar-refractivity contribution in [2.24, 2.45) is 0 Å². The lowest BCUT2D eigenvalue weighted by Gasteiger charge is -2.26. The topological polar surface area (TPSA) is 137 Å². The molecule has 1 atom stereocenters. The summed E-state index contributed by atoms with van der Waals surface area (Å²) in [5.41, 5.74) is 3.46. The van der Waals surface area contributed by atoms with E-state index in [-0.39, 0.29) is 24.3 Å². The summed E-state index contributed by atoms with van der Waals surface area (Å²) >= 11 is 1.43. The second kappa shape index (κ2) is 10.5. The lowest BCUT2D eigenvalue weighted by Crippen LogP contribution is -2.54. The Balaban J connectivity index is 1.38. The first-order valence-corrected chi connectivity index (χ1v) is 13.9. The molecule has 11 nitrogen and oxygen atoms in total. The fourth-order valence-corrected chi connectivity index (χ4v) is 6.04. The predicted molar refractivity (Wildman–Crippen MR) is 141 cm³/mol. The summed E-state index contributed by atoms with van der Waals surface area (Å²) in [6, 6.07) is 5.31. The molecule has 0 unspecified atom stereocenters. The van der Waals surface area contributed by atoms with Gasteiger partial charge in [-0.25, -0.2) is 37.6 Å². The number of likely N-dealkylation sites (N-methyl/N-ethyl adjacent to an activating group) is 1. The van der Waals surface area contributed by atoms with Crippen LogP contribution in [0, 0.1) is 11.6 Å². The minimum absolute atomic E-state index is 0.0450. The molecule has 0 saturated heterocycles. The molecule has 5 rings (SSSR count). The zero-order valence-corrected chi connectivity index (χ0v) is 22.0. The predicted octanol–water partition coefficient (Wildman–Crippen LogP) is 2.55. The first kappa shape index (κ1) is 26.4. The molecule has 0 radical (unpaired) electrons. The second-order valence-electron chi connectivity index (χ2n) is 8.71. The van der Waals surface area contributed by atoms with Gasteiger partial charge in [0.15, 0.2) is 0 Å². The third-order valence-electron chi connectivity index (χ3n) is 6.09. The molecule has 2 aromatic heterocycles. The van der Waals surface area contributed by atoms with E-state index in [1.54, 1.807) is 23.7 Å².